The van der Waals surface area contributed by atoms with Crippen LogP contribution >= 0.6 is 0 Å². The first kappa shape index (κ1) is 10.9. The van der Waals surface area contributed by atoms with Crippen LogP contribution in [-0.2, 0) is 9.59 Å². The molecule has 0 amide bonds. The van der Waals surface area contributed by atoms with Crippen LogP contribution in [0.15, 0.2) is 24.8 Å². The van der Waals surface area contributed by atoms with Gasteiger partial charge in [0.05, 0.1) is 5.41 Å². The first-order valence-electron chi connectivity index (χ1n) is 4.85. The van der Waals surface area contributed by atoms with Gasteiger partial charge in [-0.15, -0.1) is 6.58 Å². The lowest BCUT2D eigenvalue weighted by Gasteiger charge is -2.26. The van der Waals surface area contributed by atoms with Gasteiger partial charge >= 0.3 is 0 Å². The van der Waals surface area contributed by atoms with Gasteiger partial charge in [-0.05, 0) is 13.3 Å². The Labute approximate surface area is 84.7 Å². The maximum atomic E-state index is 11.8. The number of hydrogen-bond donors (Lipinski definition) is 0. The van der Waals surface area contributed by atoms with Crippen LogP contribution in [0, 0.1) is 5.41 Å². The molecule has 0 unspecified atom stereocenters. The average molecular weight is 192 g/mol. The summed E-state index contributed by atoms with van der Waals surface area (Å²) >= 11 is 0. The van der Waals surface area contributed by atoms with Gasteiger partial charge in [0.1, 0.15) is 11.6 Å². The number of allylic oxidation sites excluding steroid dienone is 2. The van der Waals surface area contributed by atoms with Gasteiger partial charge in [-0.3, -0.25) is 9.59 Å². The standard InChI is InChI=1S/C12H16O2/c1-4-7-12(3)9(2)8-10(13)5-6-11(12)14/h4H,1-2,5-8H2,3H3/t12-/m1/s1. The van der Waals surface area contributed by atoms with E-state index in [0.29, 0.717) is 25.7 Å². The van der Waals surface area contributed by atoms with E-state index in [0.717, 1.165) is 5.57 Å². The van der Waals surface area contributed by atoms with E-state index >= 15 is 0 Å². The molecule has 2 heteroatoms. The van der Waals surface area contributed by atoms with Gasteiger partial charge in [0, 0.05) is 19.3 Å². The summed E-state index contributed by atoms with van der Waals surface area (Å²) in [4.78, 5) is 23.1. The fourth-order valence-electron chi connectivity index (χ4n) is 1.79. The molecule has 1 rings (SSSR count). The van der Waals surface area contributed by atoms with Gasteiger partial charge in [-0.25, -0.2) is 0 Å². The summed E-state index contributed by atoms with van der Waals surface area (Å²) in [5.74, 6) is 0.240. The number of ketones is 2. The van der Waals surface area contributed by atoms with Crippen LogP contribution < -0.4 is 0 Å². The lowest BCUT2D eigenvalue weighted by molar-refractivity contribution is -0.126. The molecule has 0 aromatic rings. The van der Waals surface area contributed by atoms with Crippen LogP contribution in [0.5, 0.6) is 0 Å². The molecule has 0 aliphatic heterocycles. The largest absolute Gasteiger partial charge is 0.299 e. The number of Topliss-reactive ketones (excluding diaryl/α,β-unsaturated/α-hetero) is 2. The van der Waals surface area contributed by atoms with Crippen LogP contribution in [0.4, 0.5) is 0 Å². The van der Waals surface area contributed by atoms with E-state index in [-0.39, 0.29) is 11.6 Å². The molecule has 1 fully saturated rings. The zero-order valence-electron chi connectivity index (χ0n) is 8.64. The minimum Gasteiger partial charge on any atom is -0.299 e. The summed E-state index contributed by atoms with van der Waals surface area (Å²) in [6, 6.07) is 0. The summed E-state index contributed by atoms with van der Waals surface area (Å²) in [7, 11) is 0. The van der Waals surface area contributed by atoms with E-state index in [2.05, 4.69) is 13.2 Å². The number of carbonyl (C=O) groups excluding carboxylic acids is 2. The van der Waals surface area contributed by atoms with Crippen LogP contribution in [0.2, 0.25) is 0 Å². The predicted molar refractivity (Wildman–Crippen MR) is 55.9 cm³/mol. The predicted octanol–water partition coefficient (Wildman–Crippen LogP) is 2.45. The highest BCUT2D eigenvalue weighted by molar-refractivity contribution is 5.95. The molecular formula is C12H16O2. The van der Waals surface area contributed by atoms with Crippen molar-refractivity contribution in [2.75, 3.05) is 0 Å². The summed E-state index contributed by atoms with van der Waals surface area (Å²) in [5, 5.41) is 0. The normalized spacial score (nSPS) is 28.8. The molecule has 0 spiro atoms. The van der Waals surface area contributed by atoms with Gasteiger partial charge in [0.15, 0.2) is 0 Å². The van der Waals surface area contributed by atoms with Gasteiger partial charge in [-0.2, -0.15) is 0 Å². The molecule has 0 N–H and O–H groups in total. The van der Waals surface area contributed by atoms with Gasteiger partial charge < -0.3 is 0 Å². The van der Waals surface area contributed by atoms with Gasteiger partial charge in [-0.1, -0.05) is 18.2 Å². The Morgan fingerprint density at radius 1 is 1.43 bits per heavy atom. The Bertz CT molecular complexity index is 301. The maximum absolute atomic E-state index is 11.8. The van der Waals surface area contributed by atoms with Crippen molar-refractivity contribution >= 4 is 11.6 Å². The second kappa shape index (κ2) is 3.91. The maximum Gasteiger partial charge on any atom is 0.143 e. The highest BCUT2D eigenvalue weighted by Gasteiger charge is 2.37. The Morgan fingerprint density at radius 2 is 2.07 bits per heavy atom. The van der Waals surface area contributed by atoms with Crippen molar-refractivity contribution < 1.29 is 9.59 Å². The Kier molecular flexibility index (Phi) is 3.04. The molecule has 1 atom stereocenters. The summed E-state index contributed by atoms with van der Waals surface area (Å²) in [6.07, 6.45) is 3.36. The van der Waals surface area contributed by atoms with Crippen molar-refractivity contribution in [1.82, 2.24) is 0 Å². The molecule has 1 saturated carbocycles. The monoisotopic (exact) mass is 192 g/mol. The third-order valence-corrected chi connectivity index (χ3v) is 2.99. The summed E-state index contributed by atoms with van der Waals surface area (Å²) in [6.45, 7) is 9.36. The number of carbonyl (C=O) groups is 2. The molecule has 76 valence electrons. The number of rotatable bonds is 2. The molecule has 1 aliphatic carbocycles. The van der Waals surface area contributed by atoms with Crippen molar-refractivity contribution in [3.63, 3.8) is 0 Å². The van der Waals surface area contributed by atoms with E-state index in [9.17, 15) is 9.59 Å². The SMILES string of the molecule is C=CC[C@]1(C)C(=C)CC(=O)CCC1=O. The molecule has 0 aromatic heterocycles. The highest BCUT2D eigenvalue weighted by atomic mass is 16.1. The fraction of sp³-hybridized carbons (Fsp3) is 0.500. The Balaban J connectivity index is 2.99. The first-order chi connectivity index (χ1) is 6.50. The summed E-state index contributed by atoms with van der Waals surface area (Å²) in [5.41, 5.74) is 0.179. The van der Waals surface area contributed by atoms with E-state index in [4.69, 9.17) is 0 Å². The van der Waals surface area contributed by atoms with Crippen LogP contribution in [0.25, 0.3) is 0 Å². The van der Waals surface area contributed by atoms with Crippen LogP contribution in [0.1, 0.15) is 32.6 Å². The van der Waals surface area contributed by atoms with E-state index in [1.165, 1.54) is 0 Å². The number of hydrogen-bond acceptors (Lipinski definition) is 2. The molecule has 1 aliphatic rings. The van der Waals surface area contributed by atoms with Crippen molar-refractivity contribution in [1.29, 1.82) is 0 Å². The molecule has 0 heterocycles. The molecular weight excluding hydrogens is 176 g/mol. The smallest absolute Gasteiger partial charge is 0.143 e. The molecule has 0 saturated heterocycles. The van der Waals surface area contributed by atoms with Crippen molar-refractivity contribution in [3.8, 4) is 0 Å². The van der Waals surface area contributed by atoms with Gasteiger partial charge in [0.25, 0.3) is 0 Å². The van der Waals surface area contributed by atoms with E-state index in [1.54, 1.807) is 6.08 Å². The Hall–Kier alpha value is -1.18. The quantitative estimate of drug-likeness (QED) is 0.497. The second-order valence-corrected chi connectivity index (χ2v) is 4.07. The minimum atomic E-state index is -0.562. The zero-order valence-corrected chi connectivity index (χ0v) is 8.64. The lowest BCUT2D eigenvalue weighted by atomic mass is 9.75. The van der Waals surface area contributed by atoms with E-state index in [1.807, 2.05) is 6.92 Å². The summed E-state index contributed by atoms with van der Waals surface area (Å²) < 4.78 is 0. The fourth-order valence-corrected chi connectivity index (χ4v) is 1.79. The van der Waals surface area contributed by atoms with Crippen molar-refractivity contribution in [2.45, 2.75) is 32.6 Å². The van der Waals surface area contributed by atoms with E-state index < -0.39 is 5.41 Å². The lowest BCUT2D eigenvalue weighted by Crippen LogP contribution is -2.27. The van der Waals surface area contributed by atoms with Crippen molar-refractivity contribution in [2.24, 2.45) is 5.41 Å². The third kappa shape index (κ3) is 1.84. The molecule has 14 heavy (non-hydrogen) atoms. The van der Waals surface area contributed by atoms with Crippen LogP contribution in [-0.4, -0.2) is 11.6 Å². The minimum absolute atomic E-state index is 0.119. The molecule has 2 nitrogen and oxygen atoms in total. The second-order valence-electron chi connectivity index (χ2n) is 4.07. The first-order valence-corrected chi connectivity index (χ1v) is 4.85. The zero-order chi connectivity index (χ0) is 10.8. The molecule has 0 bridgehead atoms. The molecule has 0 aromatic carbocycles. The van der Waals surface area contributed by atoms with Crippen molar-refractivity contribution in [3.05, 3.63) is 24.8 Å². The topological polar surface area (TPSA) is 34.1 Å². The van der Waals surface area contributed by atoms with Gasteiger partial charge in [0.2, 0.25) is 0 Å². The average Bonchev–Trinajstić information content (AvgIpc) is 2.20. The van der Waals surface area contributed by atoms with Crippen LogP contribution in [0.3, 0.4) is 0 Å². The third-order valence-electron chi connectivity index (χ3n) is 2.99. The Morgan fingerprint density at radius 3 is 2.64 bits per heavy atom. The molecule has 0 radical (unpaired) electrons. The highest BCUT2D eigenvalue weighted by Crippen LogP contribution is 2.37.